The normalized spacial score (nSPS) is 10.7. The van der Waals surface area contributed by atoms with Crippen molar-refractivity contribution < 1.29 is 14.2 Å². The molecule has 0 saturated carbocycles. The quantitative estimate of drug-likeness (QED) is 0.610. The summed E-state index contributed by atoms with van der Waals surface area (Å²) in [6.07, 6.45) is 2.24. The van der Waals surface area contributed by atoms with Crippen molar-refractivity contribution in [1.29, 1.82) is 0 Å². The van der Waals surface area contributed by atoms with Crippen molar-refractivity contribution in [3.63, 3.8) is 0 Å². The molecule has 1 aromatic rings. The first-order valence-electron chi connectivity index (χ1n) is 7.50. The maximum Gasteiger partial charge on any atom is 0.175 e. The summed E-state index contributed by atoms with van der Waals surface area (Å²) in [7, 11) is 1.66. The largest absolute Gasteiger partial charge is 0.493 e. The molecule has 0 aliphatic carbocycles. The van der Waals surface area contributed by atoms with Gasteiger partial charge in [0.05, 0.1) is 18.2 Å². The molecule has 0 aromatic heterocycles. The van der Waals surface area contributed by atoms with Crippen molar-refractivity contribution >= 4 is 15.9 Å². The van der Waals surface area contributed by atoms with Crippen molar-refractivity contribution in [3.05, 3.63) is 22.2 Å². The molecule has 0 atom stereocenters. The van der Waals surface area contributed by atoms with Crippen LogP contribution in [0.2, 0.25) is 0 Å². The Balaban J connectivity index is 2.56. The summed E-state index contributed by atoms with van der Waals surface area (Å²) in [5, 5.41) is 3.30. The maximum absolute atomic E-state index is 5.78. The van der Waals surface area contributed by atoms with Crippen molar-refractivity contribution in [2.75, 3.05) is 33.5 Å². The molecule has 0 amide bonds. The first kappa shape index (κ1) is 18.3. The summed E-state index contributed by atoms with van der Waals surface area (Å²) in [6, 6.07) is 4.05. The highest BCUT2D eigenvalue weighted by molar-refractivity contribution is 9.10. The van der Waals surface area contributed by atoms with Gasteiger partial charge in [0.2, 0.25) is 0 Å². The van der Waals surface area contributed by atoms with E-state index in [-0.39, 0.29) is 0 Å². The molecular formula is C16H26BrNO3. The molecule has 0 unspecified atom stereocenters. The SMILES string of the molecule is CCCCOCCOc1c(Br)cc(CNCC)cc1OC. The Morgan fingerprint density at radius 3 is 2.62 bits per heavy atom. The number of benzene rings is 1. The highest BCUT2D eigenvalue weighted by Gasteiger charge is 2.11. The summed E-state index contributed by atoms with van der Waals surface area (Å²) in [6.45, 7) is 7.89. The first-order chi connectivity index (χ1) is 10.2. The molecule has 0 aliphatic rings. The number of halogens is 1. The third-order valence-corrected chi connectivity index (χ3v) is 3.57. The lowest BCUT2D eigenvalue weighted by Gasteiger charge is -2.14. The van der Waals surface area contributed by atoms with Gasteiger partial charge in [-0.25, -0.2) is 0 Å². The molecule has 0 spiro atoms. The van der Waals surface area contributed by atoms with Crippen LogP contribution >= 0.6 is 15.9 Å². The number of hydrogen-bond acceptors (Lipinski definition) is 4. The van der Waals surface area contributed by atoms with Crippen LogP contribution < -0.4 is 14.8 Å². The molecule has 4 nitrogen and oxygen atoms in total. The molecule has 5 heteroatoms. The Morgan fingerprint density at radius 1 is 1.14 bits per heavy atom. The molecule has 21 heavy (non-hydrogen) atoms. The predicted molar refractivity (Wildman–Crippen MR) is 89.3 cm³/mol. The highest BCUT2D eigenvalue weighted by atomic mass is 79.9. The van der Waals surface area contributed by atoms with Gasteiger partial charge in [-0.3, -0.25) is 0 Å². The lowest BCUT2D eigenvalue weighted by molar-refractivity contribution is 0.0967. The Labute approximate surface area is 136 Å². The number of hydrogen-bond donors (Lipinski definition) is 1. The smallest absolute Gasteiger partial charge is 0.175 e. The Bertz CT molecular complexity index is 413. The van der Waals surface area contributed by atoms with E-state index in [0.717, 1.165) is 54.1 Å². The van der Waals surface area contributed by atoms with Gasteiger partial charge in [0.1, 0.15) is 6.61 Å². The molecule has 1 N–H and O–H groups in total. The van der Waals surface area contributed by atoms with Crippen molar-refractivity contribution in [2.24, 2.45) is 0 Å². The minimum atomic E-state index is 0.519. The van der Waals surface area contributed by atoms with E-state index in [1.54, 1.807) is 7.11 Å². The average Bonchev–Trinajstić information content (AvgIpc) is 2.49. The van der Waals surface area contributed by atoms with Gasteiger partial charge >= 0.3 is 0 Å². The van der Waals surface area contributed by atoms with Crippen molar-refractivity contribution in [3.8, 4) is 11.5 Å². The Morgan fingerprint density at radius 2 is 1.95 bits per heavy atom. The van der Waals surface area contributed by atoms with Crippen molar-refractivity contribution in [1.82, 2.24) is 5.32 Å². The molecule has 0 radical (unpaired) electrons. The topological polar surface area (TPSA) is 39.7 Å². The number of unbranched alkanes of at least 4 members (excludes halogenated alkanes) is 1. The fourth-order valence-electron chi connectivity index (χ4n) is 1.84. The van der Waals surface area contributed by atoms with Crippen molar-refractivity contribution in [2.45, 2.75) is 33.2 Å². The maximum atomic E-state index is 5.78. The molecule has 1 aromatic carbocycles. The van der Waals surface area contributed by atoms with Crippen LogP contribution in [-0.4, -0.2) is 33.5 Å². The highest BCUT2D eigenvalue weighted by Crippen LogP contribution is 2.36. The fourth-order valence-corrected chi connectivity index (χ4v) is 2.44. The Hall–Kier alpha value is -0.780. The standard InChI is InChI=1S/C16H26BrNO3/c1-4-6-7-20-8-9-21-16-14(17)10-13(12-18-5-2)11-15(16)19-3/h10-11,18H,4-9,12H2,1-3H3. The average molecular weight is 360 g/mol. The van der Waals surface area contributed by atoms with Gasteiger partial charge in [0.25, 0.3) is 0 Å². The second kappa shape index (κ2) is 10.9. The van der Waals surface area contributed by atoms with E-state index in [1.807, 2.05) is 6.07 Å². The van der Waals surface area contributed by atoms with Crippen LogP contribution in [-0.2, 0) is 11.3 Å². The fraction of sp³-hybridized carbons (Fsp3) is 0.625. The van der Waals surface area contributed by atoms with E-state index in [0.29, 0.717) is 13.2 Å². The number of nitrogens with one attached hydrogen (secondary N) is 1. The van der Waals surface area contributed by atoms with Gasteiger partial charge in [-0.05, 0) is 46.6 Å². The summed E-state index contributed by atoms with van der Waals surface area (Å²) in [4.78, 5) is 0. The zero-order chi connectivity index (χ0) is 15.5. The number of rotatable bonds is 11. The second-order valence-electron chi connectivity index (χ2n) is 4.70. The molecule has 0 saturated heterocycles. The number of ether oxygens (including phenoxy) is 3. The second-order valence-corrected chi connectivity index (χ2v) is 5.56. The van der Waals surface area contributed by atoms with Crippen LogP contribution in [0.1, 0.15) is 32.3 Å². The van der Waals surface area contributed by atoms with E-state index in [2.05, 4.69) is 41.2 Å². The van der Waals surface area contributed by atoms with Gasteiger partial charge in [-0.1, -0.05) is 20.3 Å². The van der Waals surface area contributed by atoms with E-state index in [1.165, 1.54) is 0 Å². The minimum absolute atomic E-state index is 0.519. The first-order valence-corrected chi connectivity index (χ1v) is 8.29. The van der Waals surface area contributed by atoms with Crippen LogP contribution in [0.25, 0.3) is 0 Å². The molecule has 0 bridgehead atoms. The van der Waals surface area contributed by atoms with E-state index in [4.69, 9.17) is 14.2 Å². The van der Waals surface area contributed by atoms with Gasteiger partial charge in [-0.2, -0.15) is 0 Å². The minimum Gasteiger partial charge on any atom is -0.493 e. The summed E-state index contributed by atoms with van der Waals surface area (Å²) in [5.74, 6) is 1.47. The predicted octanol–water partition coefficient (Wildman–Crippen LogP) is 3.76. The molecule has 0 fully saturated rings. The van der Waals surface area contributed by atoms with Gasteiger partial charge in [0, 0.05) is 13.2 Å². The van der Waals surface area contributed by atoms with Gasteiger partial charge < -0.3 is 19.5 Å². The Kier molecular flexibility index (Phi) is 9.46. The lowest BCUT2D eigenvalue weighted by atomic mass is 10.2. The summed E-state index contributed by atoms with van der Waals surface area (Å²) < 4.78 is 17.6. The van der Waals surface area contributed by atoms with Crippen LogP contribution in [0, 0.1) is 0 Å². The van der Waals surface area contributed by atoms with Gasteiger partial charge in [0.15, 0.2) is 11.5 Å². The van der Waals surface area contributed by atoms with Gasteiger partial charge in [-0.15, -0.1) is 0 Å². The molecule has 120 valence electrons. The van der Waals surface area contributed by atoms with Crippen LogP contribution in [0.5, 0.6) is 11.5 Å². The van der Waals surface area contributed by atoms with Crippen LogP contribution in [0.15, 0.2) is 16.6 Å². The lowest BCUT2D eigenvalue weighted by Crippen LogP contribution is -2.12. The monoisotopic (exact) mass is 359 g/mol. The van der Waals surface area contributed by atoms with Crippen LogP contribution in [0.3, 0.4) is 0 Å². The van der Waals surface area contributed by atoms with E-state index in [9.17, 15) is 0 Å². The third kappa shape index (κ3) is 6.68. The van der Waals surface area contributed by atoms with E-state index < -0.39 is 0 Å². The van der Waals surface area contributed by atoms with E-state index >= 15 is 0 Å². The molecule has 0 aliphatic heterocycles. The van der Waals surface area contributed by atoms with Crippen LogP contribution in [0.4, 0.5) is 0 Å². The summed E-state index contributed by atoms with van der Waals surface area (Å²) >= 11 is 3.55. The zero-order valence-corrected chi connectivity index (χ0v) is 14.8. The third-order valence-electron chi connectivity index (χ3n) is 2.98. The molecular weight excluding hydrogens is 334 g/mol. The zero-order valence-electron chi connectivity index (χ0n) is 13.2. The molecule has 1 rings (SSSR count). The molecule has 0 heterocycles. The number of methoxy groups -OCH3 is 1. The summed E-state index contributed by atoms with van der Waals surface area (Å²) in [5.41, 5.74) is 1.16.